The van der Waals surface area contributed by atoms with Crippen molar-refractivity contribution in [3.8, 4) is 0 Å². The fourth-order valence-corrected chi connectivity index (χ4v) is 3.30. The lowest BCUT2D eigenvalue weighted by atomic mass is 9.93. The van der Waals surface area contributed by atoms with Gasteiger partial charge in [0.25, 0.3) is 0 Å². The van der Waals surface area contributed by atoms with Gasteiger partial charge in [-0.15, -0.1) is 0 Å². The topological polar surface area (TPSA) is 49.3 Å². The Morgan fingerprint density at radius 3 is 2.31 bits per heavy atom. The van der Waals surface area contributed by atoms with E-state index in [1.54, 1.807) is 0 Å². The van der Waals surface area contributed by atoms with Crippen molar-refractivity contribution in [3.63, 3.8) is 0 Å². The zero-order chi connectivity index (χ0) is 21.2. The van der Waals surface area contributed by atoms with Crippen LogP contribution < -0.4 is 5.32 Å². The number of benzene rings is 2. The highest BCUT2D eigenvalue weighted by molar-refractivity contribution is 5.79. The fourth-order valence-electron chi connectivity index (χ4n) is 3.30. The van der Waals surface area contributed by atoms with Crippen LogP contribution in [-0.4, -0.2) is 17.6 Å². The van der Waals surface area contributed by atoms with Crippen molar-refractivity contribution in [1.29, 1.82) is 0 Å². The molecule has 0 spiro atoms. The van der Waals surface area contributed by atoms with Crippen LogP contribution >= 0.6 is 0 Å². The summed E-state index contributed by atoms with van der Waals surface area (Å²) >= 11 is 0. The van der Waals surface area contributed by atoms with Gasteiger partial charge in [0.2, 0.25) is 5.91 Å². The molecule has 0 heterocycles. The first-order chi connectivity index (χ1) is 13.9. The number of nitrogens with one attached hydrogen (secondary N) is 1. The Hall–Kier alpha value is -2.39. The molecule has 29 heavy (non-hydrogen) atoms. The van der Waals surface area contributed by atoms with Gasteiger partial charge in [0.15, 0.2) is 0 Å². The lowest BCUT2D eigenvalue weighted by Gasteiger charge is -2.22. The molecule has 2 N–H and O–H groups in total. The van der Waals surface area contributed by atoms with E-state index in [9.17, 15) is 9.90 Å². The second-order valence-corrected chi connectivity index (χ2v) is 8.37. The van der Waals surface area contributed by atoms with Gasteiger partial charge in [-0.1, -0.05) is 93.1 Å². The van der Waals surface area contributed by atoms with Gasteiger partial charge in [0, 0.05) is 18.4 Å². The van der Waals surface area contributed by atoms with Crippen molar-refractivity contribution in [2.75, 3.05) is 6.54 Å². The number of aryl methyl sites for hydroxylation is 1. The summed E-state index contributed by atoms with van der Waals surface area (Å²) in [5.74, 6) is 0.339. The standard InChI is InChI=1S/C26H35NO2/c1-19(2)9-8-12-24(17-22-15-13-20(3)14-16-22)26(29)27-18-21(4)25(28)23-10-6-5-7-11-23/h5-11,13-16,19,21,24-25,28H,12,17-18H2,1-4H3,(H,27,29)/t21-,24+,25-/m1/s1. The summed E-state index contributed by atoms with van der Waals surface area (Å²) in [7, 11) is 0. The minimum atomic E-state index is -0.590. The molecule has 1 amide bonds. The molecule has 0 saturated heterocycles. The molecule has 0 aliphatic carbocycles. The summed E-state index contributed by atoms with van der Waals surface area (Å²) in [6, 6.07) is 18.0. The number of amides is 1. The van der Waals surface area contributed by atoms with Crippen molar-refractivity contribution < 1.29 is 9.90 Å². The number of rotatable bonds is 10. The summed E-state index contributed by atoms with van der Waals surface area (Å²) in [6.45, 7) is 8.76. The summed E-state index contributed by atoms with van der Waals surface area (Å²) in [6.07, 6.45) is 5.10. The normalized spacial score (nSPS) is 14.7. The quantitative estimate of drug-likeness (QED) is 0.542. The van der Waals surface area contributed by atoms with E-state index in [-0.39, 0.29) is 17.7 Å². The Bertz CT molecular complexity index is 765. The van der Waals surface area contributed by atoms with Crippen LogP contribution in [0.3, 0.4) is 0 Å². The highest BCUT2D eigenvalue weighted by Gasteiger charge is 2.21. The molecule has 2 rings (SSSR count). The Labute approximate surface area is 175 Å². The monoisotopic (exact) mass is 393 g/mol. The third-order valence-corrected chi connectivity index (χ3v) is 5.19. The zero-order valence-electron chi connectivity index (χ0n) is 18.1. The minimum absolute atomic E-state index is 0.0473. The fraction of sp³-hybridized carbons (Fsp3) is 0.423. The van der Waals surface area contributed by atoms with E-state index in [0.29, 0.717) is 25.3 Å². The maximum absolute atomic E-state index is 12.9. The van der Waals surface area contributed by atoms with Crippen molar-refractivity contribution in [3.05, 3.63) is 83.4 Å². The first kappa shape index (κ1) is 22.9. The van der Waals surface area contributed by atoms with Crippen LogP contribution in [0.4, 0.5) is 0 Å². The number of aliphatic hydroxyl groups is 1. The van der Waals surface area contributed by atoms with Crippen molar-refractivity contribution in [2.45, 2.75) is 46.6 Å². The molecule has 156 valence electrons. The summed E-state index contributed by atoms with van der Waals surface area (Å²) in [5, 5.41) is 13.6. The van der Waals surface area contributed by atoms with Crippen LogP contribution in [0.2, 0.25) is 0 Å². The molecule has 0 saturated carbocycles. The van der Waals surface area contributed by atoms with Crippen molar-refractivity contribution in [2.24, 2.45) is 17.8 Å². The summed E-state index contributed by atoms with van der Waals surface area (Å²) in [4.78, 5) is 12.9. The Morgan fingerprint density at radius 2 is 1.69 bits per heavy atom. The highest BCUT2D eigenvalue weighted by Crippen LogP contribution is 2.21. The molecular formula is C26H35NO2. The first-order valence-corrected chi connectivity index (χ1v) is 10.6. The minimum Gasteiger partial charge on any atom is -0.388 e. The number of hydrogen-bond donors (Lipinski definition) is 2. The van der Waals surface area contributed by atoms with Gasteiger partial charge in [-0.3, -0.25) is 4.79 Å². The number of carbonyl (C=O) groups is 1. The first-order valence-electron chi connectivity index (χ1n) is 10.6. The van der Waals surface area contributed by atoms with Crippen LogP contribution in [-0.2, 0) is 11.2 Å². The highest BCUT2D eigenvalue weighted by atomic mass is 16.3. The van der Waals surface area contributed by atoms with Gasteiger partial charge in [0.1, 0.15) is 0 Å². The van der Waals surface area contributed by atoms with Crippen LogP contribution in [0.15, 0.2) is 66.7 Å². The molecule has 0 radical (unpaired) electrons. The average Bonchev–Trinajstić information content (AvgIpc) is 2.72. The number of carbonyl (C=O) groups excluding carboxylic acids is 1. The van der Waals surface area contributed by atoms with Gasteiger partial charge in [-0.05, 0) is 36.8 Å². The molecule has 2 aromatic rings. The molecule has 0 unspecified atom stereocenters. The molecule has 3 nitrogen and oxygen atoms in total. The molecule has 0 fully saturated rings. The third-order valence-electron chi connectivity index (χ3n) is 5.19. The maximum atomic E-state index is 12.9. The molecule has 0 aromatic heterocycles. The predicted octanol–water partition coefficient (Wildman–Crippen LogP) is 5.24. The number of aliphatic hydroxyl groups excluding tert-OH is 1. The average molecular weight is 394 g/mol. The predicted molar refractivity (Wildman–Crippen MR) is 121 cm³/mol. The third kappa shape index (κ3) is 7.86. The van der Waals surface area contributed by atoms with E-state index in [2.05, 4.69) is 62.5 Å². The van der Waals surface area contributed by atoms with Gasteiger partial charge >= 0.3 is 0 Å². The second kappa shape index (κ2) is 11.6. The molecule has 3 heteroatoms. The van der Waals surface area contributed by atoms with Crippen molar-refractivity contribution >= 4 is 5.91 Å². The SMILES string of the molecule is Cc1ccc(C[C@H](CC=CC(C)C)C(=O)NC[C@@H](C)[C@@H](O)c2ccccc2)cc1. The van der Waals surface area contributed by atoms with Crippen molar-refractivity contribution in [1.82, 2.24) is 5.32 Å². The number of hydrogen-bond acceptors (Lipinski definition) is 2. The lowest BCUT2D eigenvalue weighted by Crippen LogP contribution is -2.36. The van der Waals surface area contributed by atoms with Crippen LogP contribution in [0.25, 0.3) is 0 Å². The zero-order valence-corrected chi connectivity index (χ0v) is 18.1. The van der Waals surface area contributed by atoms with Crippen LogP contribution in [0, 0.1) is 24.7 Å². The van der Waals surface area contributed by atoms with Gasteiger partial charge in [0.05, 0.1) is 6.10 Å². The van der Waals surface area contributed by atoms with Crippen LogP contribution in [0.5, 0.6) is 0 Å². The molecule has 0 bridgehead atoms. The van der Waals surface area contributed by atoms with Crippen LogP contribution in [0.1, 0.15) is 50.0 Å². The summed E-state index contributed by atoms with van der Waals surface area (Å²) in [5.41, 5.74) is 3.27. The summed E-state index contributed by atoms with van der Waals surface area (Å²) < 4.78 is 0. The number of allylic oxidation sites excluding steroid dienone is 2. The van der Waals surface area contributed by atoms with E-state index in [0.717, 1.165) is 5.56 Å². The molecule has 2 aromatic carbocycles. The smallest absolute Gasteiger partial charge is 0.223 e. The largest absolute Gasteiger partial charge is 0.388 e. The lowest BCUT2D eigenvalue weighted by molar-refractivity contribution is -0.125. The van der Waals surface area contributed by atoms with Gasteiger partial charge < -0.3 is 10.4 Å². The Kier molecular flexibility index (Phi) is 9.14. The Balaban J connectivity index is 1.98. The molecular weight excluding hydrogens is 358 g/mol. The van der Waals surface area contributed by atoms with Gasteiger partial charge in [-0.2, -0.15) is 0 Å². The van der Waals surface area contributed by atoms with E-state index in [1.165, 1.54) is 11.1 Å². The van der Waals surface area contributed by atoms with E-state index in [4.69, 9.17) is 0 Å². The maximum Gasteiger partial charge on any atom is 0.223 e. The molecule has 3 atom stereocenters. The Morgan fingerprint density at radius 1 is 1.03 bits per heavy atom. The molecule has 0 aliphatic rings. The van der Waals surface area contributed by atoms with E-state index in [1.807, 2.05) is 37.3 Å². The van der Waals surface area contributed by atoms with Gasteiger partial charge in [-0.25, -0.2) is 0 Å². The van der Waals surface area contributed by atoms with E-state index < -0.39 is 6.10 Å². The van der Waals surface area contributed by atoms with E-state index >= 15 is 0 Å². The molecule has 0 aliphatic heterocycles. The second-order valence-electron chi connectivity index (χ2n) is 8.37.